The van der Waals surface area contributed by atoms with Crippen LogP contribution in [0.2, 0.25) is 0 Å². The van der Waals surface area contributed by atoms with Gasteiger partial charge in [0.25, 0.3) is 0 Å². The summed E-state index contributed by atoms with van der Waals surface area (Å²) in [6.07, 6.45) is 1.95. The molecule has 0 atom stereocenters. The highest BCUT2D eigenvalue weighted by Gasteiger charge is 2.21. The SMILES string of the molecule is CS(=O)(=O)c1ccoc1C(=O)O. The lowest BCUT2D eigenvalue weighted by molar-refractivity contribution is 0.0656. The van der Waals surface area contributed by atoms with Crippen molar-refractivity contribution in [2.75, 3.05) is 6.26 Å². The molecule has 0 aromatic carbocycles. The van der Waals surface area contributed by atoms with Crippen molar-refractivity contribution in [3.05, 3.63) is 18.1 Å². The molecule has 0 amide bonds. The van der Waals surface area contributed by atoms with E-state index >= 15 is 0 Å². The van der Waals surface area contributed by atoms with Gasteiger partial charge in [-0.3, -0.25) is 0 Å². The average Bonchev–Trinajstić information content (AvgIpc) is 2.30. The molecule has 0 aliphatic carbocycles. The minimum absolute atomic E-state index is 0.296. The molecular weight excluding hydrogens is 184 g/mol. The largest absolute Gasteiger partial charge is 0.475 e. The van der Waals surface area contributed by atoms with Crippen molar-refractivity contribution < 1.29 is 22.7 Å². The Morgan fingerprint density at radius 2 is 2.17 bits per heavy atom. The molecular formula is C6H6O5S. The Labute approximate surface area is 68.5 Å². The maximum Gasteiger partial charge on any atom is 0.373 e. The molecule has 0 saturated heterocycles. The first kappa shape index (κ1) is 8.79. The van der Waals surface area contributed by atoms with E-state index in [-0.39, 0.29) is 4.90 Å². The molecule has 1 aromatic rings. The van der Waals surface area contributed by atoms with Crippen LogP contribution < -0.4 is 0 Å². The lowest BCUT2D eigenvalue weighted by atomic mass is 10.5. The normalized spacial score (nSPS) is 11.4. The van der Waals surface area contributed by atoms with Crippen LogP contribution in [0, 0.1) is 0 Å². The van der Waals surface area contributed by atoms with E-state index in [0.29, 0.717) is 0 Å². The minimum Gasteiger partial charge on any atom is -0.475 e. The topological polar surface area (TPSA) is 84.6 Å². The Morgan fingerprint density at radius 1 is 1.58 bits per heavy atom. The maximum atomic E-state index is 10.9. The van der Waals surface area contributed by atoms with Gasteiger partial charge in [0.2, 0.25) is 5.76 Å². The van der Waals surface area contributed by atoms with E-state index in [1.54, 1.807) is 0 Å². The van der Waals surface area contributed by atoms with Crippen molar-refractivity contribution in [1.82, 2.24) is 0 Å². The second kappa shape index (κ2) is 2.63. The molecule has 5 nitrogen and oxygen atoms in total. The number of carboxylic acid groups (broad SMARTS) is 1. The highest BCUT2D eigenvalue weighted by Crippen LogP contribution is 2.16. The zero-order valence-electron chi connectivity index (χ0n) is 6.14. The second-order valence-corrected chi connectivity index (χ2v) is 4.18. The van der Waals surface area contributed by atoms with Crippen molar-refractivity contribution in [2.45, 2.75) is 4.90 Å². The van der Waals surface area contributed by atoms with Gasteiger partial charge < -0.3 is 9.52 Å². The Hall–Kier alpha value is -1.30. The first-order chi connectivity index (χ1) is 5.43. The number of carboxylic acids is 1. The van der Waals surface area contributed by atoms with Gasteiger partial charge in [-0.1, -0.05) is 0 Å². The summed E-state index contributed by atoms with van der Waals surface area (Å²) in [5.74, 6) is -1.93. The molecule has 0 bridgehead atoms. The van der Waals surface area contributed by atoms with Crippen molar-refractivity contribution in [1.29, 1.82) is 0 Å². The predicted molar refractivity (Wildman–Crippen MR) is 38.8 cm³/mol. The van der Waals surface area contributed by atoms with Gasteiger partial charge in [0, 0.05) is 6.26 Å². The number of hydrogen-bond acceptors (Lipinski definition) is 4. The summed E-state index contributed by atoms with van der Waals surface area (Å²) in [5, 5.41) is 8.46. The molecule has 6 heteroatoms. The van der Waals surface area contributed by atoms with Crippen LogP contribution in [0.1, 0.15) is 10.6 Å². The number of hydrogen-bond donors (Lipinski definition) is 1. The fourth-order valence-corrected chi connectivity index (χ4v) is 1.52. The fraction of sp³-hybridized carbons (Fsp3) is 0.167. The summed E-state index contributed by atoms with van der Waals surface area (Å²) in [6.45, 7) is 0. The number of furan rings is 1. The lowest BCUT2D eigenvalue weighted by Gasteiger charge is -1.93. The van der Waals surface area contributed by atoms with E-state index in [2.05, 4.69) is 4.42 Å². The van der Waals surface area contributed by atoms with Crippen LogP contribution >= 0.6 is 0 Å². The van der Waals surface area contributed by atoms with Gasteiger partial charge in [0.15, 0.2) is 9.84 Å². The number of carbonyl (C=O) groups is 1. The molecule has 0 fully saturated rings. The molecule has 1 rings (SSSR count). The molecule has 0 aliphatic rings. The Bertz CT molecular complexity index is 399. The molecule has 0 spiro atoms. The molecule has 0 saturated carbocycles. The third-order valence-corrected chi connectivity index (χ3v) is 2.34. The Kier molecular flexibility index (Phi) is 1.93. The van der Waals surface area contributed by atoms with Crippen molar-refractivity contribution in [3.63, 3.8) is 0 Å². The van der Waals surface area contributed by atoms with Crippen LogP contribution in [0.25, 0.3) is 0 Å². The number of aromatic carboxylic acids is 1. The van der Waals surface area contributed by atoms with E-state index in [9.17, 15) is 13.2 Å². The predicted octanol–water partition coefficient (Wildman–Crippen LogP) is 0.381. The molecule has 0 unspecified atom stereocenters. The summed E-state index contributed by atoms with van der Waals surface area (Å²) in [6, 6.07) is 1.11. The van der Waals surface area contributed by atoms with Crippen LogP contribution in [-0.2, 0) is 9.84 Å². The summed E-state index contributed by atoms with van der Waals surface area (Å²) in [4.78, 5) is 10.1. The monoisotopic (exact) mass is 190 g/mol. The highest BCUT2D eigenvalue weighted by atomic mass is 32.2. The Balaban J connectivity index is 3.36. The van der Waals surface area contributed by atoms with Crippen LogP contribution in [0.15, 0.2) is 21.6 Å². The van der Waals surface area contributed by atoms with Gasteiger partial charge in [0.1, 0.15) is 4.90 Å². The molecule has 12 heavy (non-hydrogen) atoms. The average molecular weight is 190 g/mol. The van der Waals surface area contributed by atoms with Crippen molar-refractivity contribution >= 4 is 15.8 Å². The molecule has 0 radical (unpaired) electrons. The summed E-state index contributed by atoms with van der Waals surface area (Å²) in [5.41, 5.74) is 0. The van der Waals surface area contributed by atoms with Crippen molar-refractivity contribution in [3.8, 4) is 0 Å². The lowest BCUT2D eigenvalue weighted by Crippen LogP contribution is -2.04. The van der Waals surface area contributed by atoms with Crippen LogP contribution in [0.5, 0.6) is 0 Å². The molecule has 1 heterocycles. The van der Waals surface area contributed by atoms with Gasteiger partial charge in [-0.05, 0) is 6.07 Å². The van der Waals surface area contributed by atoms with E-state index in [4.69, 9.17) is 5.11 Å². The summed E-state index contributed by atoms with van der Waals surface area (Å²) >= 11 is 0. The van der Waals surface area contributed by atoms with Crippen LogP contribution in [0.4, 0.5) is 0 Å². The quantitative estimate of drug-likeness (QED) is 0.728. The van der Waals surface area contributed by atoms with Gasteiger partial charge in [-0.2, -0.15) is 0 Å². The first-order valence-electron chi connectivity index (χ1n) is 2.94. The second-order valence-electron chi connectivity index (χ2n) is 2.19. The Morgan fingerprint density at radius 3 is 2.50 bits per heavy atom. The first-order valence-corrected chi connectivity index (χ1v) is 4.83. The zero-order valence-corrected chi connectivity index (χ0v) is 6.96. The van der Waals surface area contributed by atoms with Crippen molar-refractivity contribution in [2.24, 2.45) is 0 Å². The fourth-order valence-electron chi connectivity index (χ4n) is 0.745. The van der Waals surface area contributed by atoms with E-state index in [0.717, 1.165) is 18.6 Å². The zero-order chi connectivity index (χ0) is 9.35. The van der Waals surface area contributed by atoms with Gasteiger partial charge >= 0.3 is 5.97 Å². The smallest absolute Gasteiger partial charge is 0.373 e. The molecule has 66 valence electrons. The van der Waals surface area contributed by atoms with Crippen LogP contribution in [0.3, 0.4) is 0 Å². The van der Waals surface area contributed by atoms with E-state index < -0.39 is 21.6 Å². The minimum atomic E-state index is -3.51. The van der Waals surface area contributed by atoms with E-state index in [1.165, 1.54) is 0 Å². The third kappa shape index (κ3) is 1.48. The molecule has 1 aromatic heterocycles. The van der Waals surface area contributed by atoms with Crippen LogP contribution in [-0.4, -0.2) is 25.7 Å². The van der Waals surface area contributed by atoms with E-state index in [1.807, 2.05) is 0 Å². The summed E-state index contributed by atoms with van der Waals surface area (Å²) < 4.78 is 26.3. The van der Waals surface area contributed by atoms with Gasteiger partial charge in [-0.15, -0.1) is 0 Å². The third-order valence-electron chi connectivity index (χ3n) is 1.22. The molecule has 0 aliphatic heterocycles. The standard InChI is InChI=1S/C6H6O5S/c1-12(9,10)4-2-3-11-5(4)6(7)8/h2-3H,1H3,(H,7,8). The maximum absolute atomic E-state index is 10.9. The molecule has 1 N–H and O–H groups in total. The van der Waals surface area contributed by atoms with Gasteiger partial charge in [-0.25, -0.2) is 13.2 Å². The number of sulfone groups is 1. The number of rotatable bonds is 2. The highest BCUT2D eigenvalue weighted by molar-refractivity contribution is 7.90. The summed E-state index contributed by atoms with van der Waals surface area (Å²) in [7, 11) is -3.51. The van der Waals surface area contributed by atoms with Gasteiger partial charge in [0.05, 0.1) is 6.26 Å².